The Kier molecular flexibility index (Phi) is 4.16. The van der Waals surface area contributed by atoms with Crippen LogP contribution in [0.15, 0.2) is 0 Å². The number of unbranched alkanes of at least 4 members (excludes halogenated alkanes) is 1. The molecule has 0 saturated carbocycles. The molecule has 66 valence electrons. The van der Waals surface area contributed by atoms with Gasteiger partial charge in [-0.3, -0.25) is 4.79 Å². The first kappa shape index (κ1) is 10.5. The van der Waals surface area contributed by atoms with Gasteiger partial charge >= 0.3 is 5.97 Å². The third-order valence-corrected chi connectivity index (χ3v) is 2.38. The van der Waals surface area contributed by atoms with Crippen molar-refractivity contribution in [2.75, 3.05) is 0 Å². The van der Waals surface area contributed by atoms with Crippen LogP contribution in [0.3, 0.4) is 0 Å². The third-order valence-electron chi connectivity index (χ3n) is 2.38. The molecule has 11 heavy (non-hydrogen) atoms. The van der Waals surface area contributed by atoms with E-state index < -0.39 is 11.4 Å². The van der Waals surface area contributed by atoms with Gasteiger partial charge in [-0.1, -0.05) is 26.7 Å². The van der Waals surface area contributed by atoms with Gasteiger partial charge in [-0.05, 0) is 19.8 Å². The van der Waals surface area contributed by atoms with Gasteiger partial charge in [0.05, 0.1) is 5.41 Å². The van der Waals surface area contributed by atoms with Crippen molar-refractivity contribution in [1.82, 2.24) is 0 Å². The second-order valence-electron chi connectivity index (χ2n) is 3.32. The second kappa shape index (κ2) is 4.37. The fourth-order valence-electron chi connectivity index (χ4n) is 1.00. The lowest BCUT2D eigenvalue weighted by molar-refractivity contribution is -0.148. The number of hydrogen-bond donors (Lipinski definition) is 1. The molecule has 0 bridgehead atoms. The van der Waals surface area contributed by atoms with Crippen LogP contribution in [0.4, 0.5) is 0 Å². The van der Waals surface area contributed by atoms with E-state index in [1.54, 1.807) is 0 Å². The zero-order chi connectivity index (χ0) is 8.91. The average Bonchev–Trinajstić information content (AvgIpc) is 2.00. The first-order chi connectivity index (χ1) is 5.06. The molecule has 2 nitrogen and oxygen atoms in total. The molecule has 0 fully saturated rings. The van der Waals surface area contributed by atoms with Crippen LogP contribution in [0.1, 0.15) is 46.5 Å². The van der Waals surface area contributed by atoms with Crippen LogP contribution in [0, 0.1) is 5.41 Å². The number of carboxylic acid groups (broad SMARTS) is 1. The lowest BCUT2D eigenvalue weighted by Gasteiger charge is -2.22. The molecule has 0 radical (unpaired) electrons. The Morgan fingerprint density at radius 2 is 2.00 bits per heavy atom. The maximum Gasteiger partial charge on any atom is 0.309 e. The van der Waals surface area contributed by atoms with Gasteiger partial charge in [0, 0.05) is 0 Å². The van der Waals surface area contributed by atoms with E-state index in [9.17, 15) is 4.79 Å². The second-order valence-corrected chi connectivity index (χ2v) is 3.32. The molecule has 1 unspecified atom stereocenters. The monoisotopic (exact) mass is 158 g/mol. The highest BCUT2D eigenvalue weighted by atomic mass is 16.4. The zero-order valence-corrected chi connectivity index (χ0v) is 7.68. The molecule has 0 amide bonds. The Hall–Kier alpha value is -0.530. The van der Waals surface area contributed by atoms with Crippen molar-refractivity contribution in [1.29, 1.82) is 0 Å². The van der Waals surface area contributed by atoms with E-state index in [1.165, 1.54) is 0 Å². The quantitative estimate of drug-likeness (QED) is 0.668. The van der Waals surface area contributed by atoms with Crippen molar-refractivity contribution >= 4 is 5.97 Å². The van der Waals surface area contributed by atoms with Gasteiger partial charge in [0.15, 0.2) is 0 Å². The van der Waals surface area contributed by atoms with Gasteiger partial charge in [0.2, 0.25) is 0 Å². The minimum absolute atomic E-state index is 0.490. The van der Waals surface area contributed by atoms with E-state index >= 15 is 0 Å². The summed E-state index contributed by atoms with van der Waals surface area (Å²) in [5, 5.41) is 8.86. The average molecular weight is 158 g/mol. The normalized spacial score (nSPS) is 15.9. The molecule has 0 heterocycles. The Balaban J connectivity index is 3.99. The lowest BCUT2D eigenvalue weighted by atomic mass is 9.82. The van der Waals surface area contributed by atoms with Gasteiger partial charge < -0.3 is 5.11 Å². The summed E-state index contributed by atoms with van der Waals surface area (Å²) in [6.07, 6.45) is 3.61. The van der Waals surface area contributed by atoms with Gasteiger partial charge in [0.25, 0.3) is 0 Å². The first-order valence-electron chi connectivity index (χ1n) is 4.30. The summed E-state index contributed by atoms with van der Waals surface area (Å²) in [7, 11) is 0. The van der Waals surface area contributed by atoms with E-state index in [0.29, 0.717) is 0 Å². The summed E-state index contributed by atoms with van der Waals surface area (Å²) in [4.78, 5) is 10.8. The van der Waals surface area contributed by atoms with Crippen molar-refractivity contribution < 1.29 is 9.90 Å². The predicted octanol–water partition coefficient (Wildman–Crippen LogP) is 2.68. The number of aliphatic carboxylic acids is 1. The molecule has 1 atom stereocenters. The Bertz CT molecular complexity index is 132. The molecule has 0 aliphatic rings. The summed E-state index contributed by atoms with van der Waals surface area (Å²) in [6, 6.07) is 0. The van der Waals surface area contributed by atoms with E-state index in [4.69, 9.17) is 5.11 Å². The minimum atomic E-state index is -0.659. The van der Waals surface area contributed by atoms with E-state index in [0.717, 1.165) is 25.7 Å². The standard InChI is InChI=1S/C9H18O2/c1-4-6-7-9(3,5-2)8(10)11/h4-7H2,1-3H3,(H,10,11). The van der Waals surface area contributed by atoms with Crippen LogP contribution >= 0.6 is 0 Å². The molecule has 2 heteroatoms. The highest BCUT2D eigenvalue weighted by Gasteiger charge is 2.29. The first-order valence-corrected chi connectivity index (χ1v) is 4.30. The third kappa shape index (κ3) is 2.91. The summed E-state index contributed by atoms with van der Waals surface area (Å²) in [5.74, 6) is -0.659. The van der Waals surface area contributed by atoms with Crippen molar-refractivity contribution in [3.8, 4) is 0 Å². The predicted molar refractivity (Wildman–Crippen MR) is 45.6 cm³/mol. The molecule has 0 aromatic carbocycles. The SMILES string of the molecule is CCCCC(C)(CC)C(=O)O. The van der Waals surface area contributed by atoms with Crippen molar-refractivity contribution in [3.63, 3.8) is 0 Å². The largest absolute Gasteiger partial charge is 0.481 e. The van der Waals surface area contributed by atoms with Gasteiger partial charge in [0.1, 0.15) is 0 Å². The van der Waals surface area contributed by atoms with Crippen LogP contribution < -0.4 is 0 Å². The van der Waals surface area contributed by atoms with Crippen LogP contribution in [0.5, 0.6) is 0 Å². The number of hydrogen-bond acceptors (Lipinski definition) is 1. The smallest absolute Gasteiger partial charge is 0.309 e. The fraction of sp³-hybridized carbons (Fsp3) is 0.889. The molecule has 0 aromatic heterocycles. The van der Waals surface area contributed by atoms with Crippen LogP contribution in [0.25, 0.3) is 0 Å². The lowest BCUT2D eigenvalue weighted by Crippen LogP contribution is -2.26. The molecular formula is C9H18O2. The van der Waals surface area contributed by atoms with Gasteiger partial charge in [-0.25, -0.2) is 0 Å². The van der Waals surface area contributed by atoms with Gasteiger partial charge in [-0.2, -0.15) is 0 Å². The van der Waals surface area contributed by atoms with Crippen LogP contribution in [-0.4, -0.2) is 11.1 Å². The van der Waals surface area contributed by atoms with Crippen molar-refractivity contribution in [3.05, 3.63) is 0 Å². The number of carbonyl (C=O) groups is 1. The highest BCUT2D eigenvalue weighted by Crippen LogP contribution is 2.27. The molecule has 0 aromatic rings. The highest BCUT2D eigenvalue weighted by molar-refractivity contribution is 5.73. The van der Waals surface area contributed by atoms with Gasteiger partial charge in [-0.15, -0.1) is 0 Å². The maximum atomic E-state index is 10.8. The Labute approximate surface area is 68.6 Å². The summed E-state index contributed by atoms with van der Waals surface area (Å²) < 4.78 is 0. The number of carboxylic acids is 1. The molecular weight excluding hydrogens is 140 g/mol. The molecule has 0 saturated heterocycles. The van der Waals surface area contributed by atoms with E-state index in [1.807, 2.05) is 13.8 Å². The Morgan fingerprint density at radius 3 is 2.27 bits per heavy atom. The van der Waals surface area contributed by atoms with Crippen LogP contribution in [-0.2, 0) is 4.79 Å². The molecule has 0 aliphatic carbocycles. The molecule has 0 rings (SSSR count). The molecule has 1 N–H and O–H groups in total. The summed E-state index contributed by atoms with van der Waals surface area (Å²) >= 11 is 0. The maximum absolute atomic E-state index is 10.8. The van der Waals surface area contributed by atoms with Crippen molar-refractivity contribution in [2.45, 2.75) is 46.5 Å². The van der Waals surface area contributed by atoms with Crippen molar-refractivity contribution in [2.24, 2.45) is 5.41 Å². The van der Waals surface area contributed by atoms with E-state index in [2.05, 4.69) is 6.92 Å². The topological polar surface area (TPSA) is 37.3 Å². The van der Waals surface area contributed by atoms with E-state index in [-0.39, 0.29) is 0 Å². The Morgan fingerprint density at radius 1 is 1.45 bits per heavy atom. The summed E-state index contributed by atoms with van der Waals surface area (Å²) in [5.41, 5.74) is -0.490. The minimum Gasteiger partial charge on any atom is -0.481 e. The fourth-order valence-corrected chi connectivity index (χ4v) is 1.00. The number of rotatable bonds is 5. The van der Waals surface area contributed by atoms with Crippen LogP contribution in [0.2, 0.25) is 0 Å². The zero-order valence-electron chi connectivity index (χ0n) is 7.68. The molecule has 0 spiro atoms. The summed E-state index contributed by atoms with van der Waals surface area (Å²) in [6.45, 7) is 5.84. The molecule has 0 aliphatic heterocycles.